The molecule has 0 radical (unpaired) electrons. The molecule has 8 N–H and O–H groups in total. The Morgan fingerprint density at radius 2 is 1.69 bits per heavy atom. The molecule has 5 rings (SSSR count). The number of nitrogens with one attached hydrogen (secondary N) is 1. The molecule has 212 valence electrons. The quantitative estimate of drug-likeness (QED) is 0.128. The summed E-state index contributed by atoms with van der Waals surface area (Å²) in [6.07, 6.45) is -7.67. The molecule has 5 heterocycles. The first-order valence-electron chi connectivity index (χ1n) is 11.4. The number of nitrogen functional groups attached to an aromatic ring is 1. The van der Waals surface area contributed by atoms with Crippen molar-refractivity contribution in [1.82, 2.24) is 29.1 Å². The fourth-order valence-corrected chi connectivity index (χ4v) is 4.98. The maximum atomic E-state index is 12.0. The Labute approximate surface area is 216 Å². The number of phosphoric ester groups is 1. The Kier molecular flexibility index (Phi) is 7.37. The molecule has 3 aromatic rings. The van der Waals surface area contributed by atoms with Gasteiger partial charge in [0.2, 0.25) is 0 Å². The first-order chi connectivity index (χ1) is 18.4. The number of anilines is 1. The number of aliphatic hydroxyl groups is 3. The Morgan fingerprint density at radius 1 is 1.00 bits per heavy atom. The zero-order chi connectivity index (χ0) is 28.1. The highest BCUT2D eigenvalue weighted by atomic mass is 31.2. The van der Waals surface area contributed by atoms with Gasteiger partial charge in [0.1, 0.15) is 48.5 Å². The van der Waals surface area contributed by atoms with Gasteiger partial charge in [0.25, 0.3) is 5.56 Å². The van der Waals surface area contributed by atoms with E-state index in [1.165, 1.54) is 10.9 Å². The zero-order valence-electron chi connectivity index (χ0n) is 19.7. The number of aromatic amines is 1. The molecular weight excluding hydrogens is 549 g/mol. The SMILES string of the molecule is Nc1ncnc2c1ncn2[C@@H]1O[C@H](COC[C@H]2O[C@@H](n3ccc(=O)[nH]c3=O)[C@H](O)[C@@H]2O)[C@@H](O)[C@H]1OP(=O)(O)O. The molecule has 20 heteroatoms. The van der Waals surface area contributed by atoms with Crippen molar-refractivity contribution in [3.8, 4) is 0 Å². The molecule has 0 aliphatic carbocycles. The van der Waals surface area contributed by atoms with Gasteiger partial charge in [0.15, 0.2) is 23.9 Å². The number of aromatic nitrogens is 6. The number of hydrogen-bond acceptors (Lipinski definition) is 14. The molecule has 2 aliphatic rings. The number of H-pyrrole nitrogens is 1. The standard InChI is InChI=1S/C19H24N7O12P/c20-15-10-16(22-5-21-15)26(6-23-10)18-14(38-39(32,33)34)12(29)8(37-18)4-35-3-7-11(28)13(30)17(36-7)25-2-1-9(27)24-19(25)31/h1-2,5-8,11-14,17-18,28-30H,3-4H2,(H2,20,21,22)(H,24,27,31)(H2,32,33,34)/t7-,8-,11-,12-,13-,14-,17-,18-/m1/s1. The van der Waals surface area contributed by atoms with Crippen molar-refractivity contribution < 1.29 is 48.4 Å². The van der Waals surface area contributed by atoms with Gasteiger partial charge in [-0.25, -0.2) is 24.3 Å². The van der Waals surface area contributed by atoms with E-state index in [9.17, 15) is 39.3 Å². The fraction of sp³-hybridized carbons (Fsp3) is 0.526. The van der Waals surface area contributed by atoms with Crippen LogP contribution in [0, 0.1) is 0 Å². The first kappa shape index (κ1) is 27.5. The molecule has 0 unspecified atom stereocenters. The fourth-order valence-electron chi connectivity index (χ4n) is 4.43. The van der Waals surface area contributed by atoms with Gasteiger partial charge < -0.3 is 45.1 Å². The number of rotatable bonds is 8. The lowest BCUT2D eigenvalue weighted by atomic mass is 10.1. The highest BCUT2D eigenvalue weighted by molar-refractivity contribution is 7.46. The van der Waals surface area contributed by atoms with Crippen LogP contribution in [0.1, 0.15) is 12.5 Å². The number of aliphatic hydroxyl groups excluding tert-OH is 3. The summed E-state index contributed by atoms with van der Waals surface area (Å²) in [5.41, 5.74) is 4.62. The molecule has 2 aliphatic heterocycles. The van der Waals surface area contributed by atoms with Crippen LogP contribution >= 0.6 is 7.82 Å². The Balaban J connectivity index is 1.28. The smallest absolute Gasteiger partial charge is 0.387 e. The highest BCUT2D eigenvalue weighted by Crippen LogP contribution is 2.45. The van der Waals surface area contributed by atoms with Crippen LogP contribution in [-0.4, -0.2) is 104 Å². The van der Waals surface area contributed by atoms with Crippen LogP contribution in [0.15, 0.2) is 34.5 Å². The lowest BCUT2D eigenvalue weighted by Crippen LogP contribution is -2.38. The average Bonchev–Trinajstić information content (AvgIpc) is 3.50. The summed E-state index contributed by atoms with van der Waals surface area (Å²) in [5, 5.41) is 31.5. The number of fused-ring (bicyclic) bond motifs is 1. The second-order valence-corrected chi connectivity index (χ2v) is 9.99. The molecule has 0 amide bonds. The molecule has 0 bridgehead atoms. The molecule has 0 saturated carbocycles. The Morgan fingerprint density at radius 3 is 2.38 bits per heavy atom. The van der Waals surface area contributed by atoms with E-state index in [2.05, 4.69) is 15.0 Å². The van der Waals surface area contributed by atoms with Gasteiger partial charge in [-0.2, -0.15) is 0 Å². The van der Waals surface area contributed by atoms with Crippen molar-refractivity contribution in [1.29, 1.82) is 0 Å². The third kappa shape index (κ3) is 5.37. The summed E-state index contributed by atoms with van der Waals surface area (Å²) in [4.78, 5) is 56.1. The maximum Gasteiger partial charge on any atom is 0.470 e. The van der Waals surface area contributed by atoms with Crippen LogP contribution in [0.4, 0.5) is 5.82 Å². The predicted molar refractivity (Wildman–Crippen MR) is 125 cm³/mol. The number of ether oxygens (including phenoxy) is 3. The zero-order valence-corrected chi connectivity index (χ0v) is 20.6. The third-order valence-electron chi connectivity index (χ3n) is 6.26. The minimum absolute atomic E-state index is 0.0457. The van der Waals surface area contributed by atoms with E-state index in [-0.39, 0.29) is 30.2 Å². The Bertz CT molecular complexity index is 1510. The number of phosphoric acid groups is 1. The van der Waals surface area contributed by atoms with Crippen LogP contribution < -0.4 is 17.0 Å². The topological polar surface area (TPSA) is 280 Å². The maximum absolute atomic E-state index is 12.0. The molecule has 19 nitrogen and oxygen atoms in total. The largest absolute Gasteiger partial charge is 0.470 e. The van der Waals surface area contributed by atoms with Crippen LogP contribution in [-0.2, 0) is 23.3 Å². The predicted octanol–water partition coefficient (Wildman–Crippen LogP) is -3.67. The molecule has 2 saturated heterocycles. The lowest BCUT2D eigenvalue weighted by molar-refractivity contribution is -0.0991. The molecule has 0 aromatic carbocycles. The van der Waals surface area contributed by atoms with Crippen molar-refractivity contribution in [3.63, 3.8) is 0 Å². The van der Waals surface area contributed by atoms with Gasteiger partial charge in [-0.05, 0) is 0 Å². The van der Waals surface area contributed by atoms with Gasteiger partial charge in [0.05, 0.1) is 19.5 Å². The highest BCUT2D eigenvalue weighted by Gasteiger charge is 2.49. The van der Waals surface area contributed by atoms with Gasteiger partial charge in [-0.1, -0.05) is 0 Å². The summed E-state index contributed by atoms with van der Waals surface area (Å²) >= 11 is 0. The average molecular weight is 573 g/mol. The summed E-state index contributed by atoms with van der Waals surface area (Å²) < 4.78 is 35.5. The van der Waals surface area contributed by atoms with Gasteiger partial charge >= 0.3 is 13.5 Å². The van der Waals surface area contributed by atoms with E-state index in [1.807, 2.05) is 4.98 Å². The van der Waals surface area contributed by atoms with E-state index in [1.54, 1.807) is 0 Å². The van der Waals surface area contributed by atoms with Crippen molar-refractivity contribution >= 4 is 24.8 Å². The van der Waals surface area contributed by atoms with Gasteiger partial charge in [0, 0.05) is 12.3 Å². The summed E-state index contributed by atoms with van der Waals surface area (Å²) in [5.74, 6) is 0.0457. The summed E-state index contributed by atoms with van der Waals surface area (Å²) in [6.45, 7) is -0.708. The van der Waals surface area contributed by atoms with Crippen LogP contribution in [0.25, 0.3) is 11.2 Å². The first-order valence-corrected chi connectivity index (χ1v) is 12.9. The van der Waals surface area contributed by atoms with Crippen LogP contribution in [0.3, 0.4) is 0 Å². The van der Waals surface area contributed by atoms with Gasteiger partial charge in [-0.15, -0.1) is 0 Å². The second kappa shape index (κ2) is 10.5. The minimum Gasteiger partial charge on any atom is -0.387 e. The van der Waals surface area contributed by atoms with Crippen molar-refractivity contribution in [2.24, 2.45) is 0 Å². The van der Waals surface area contributed by atoms with Crippen LogP contribution in [0.5, 0.6) is 0 Å². The molecule has 0 spiro atoms. The molecule has 3 aromatic heterocycles. The normalized spacial score (nSPS) is 31.3. The van der Waals surface area contributed by atoms with Crippen LogP contribution in [0.2, 0.25) is 0 Å². The molecular formula is C19H24N7O12P. The monoisotopic (exact) mass is 573 g/mol. The van der Waals surface area contributed by atoms with Crippen molar-refractivity contribution in [2.75, 3.05) is 18.9 Å². The van der Waals surface area contributed by atoms with E-state index in [0.29, 0.717) is 0 Å². The number of nitrogens with two attached hydrogens (primary N) is 1. The lowest BCUT2D eigenvalue weighted by Gasteiger charge is -2.22. The summed E-state index contributed by atoms with van der Waals surface area (Å²) in [6, 6.07) is 1.04. The summed E-state index contributed by atoms with van der Waals surface area (Å²) in [7, 11) is -5.09. The van der Waals surface area contributed by atoms with E-state index < -0.39 is 68.2 Å². The van der Waals surface area contributed by atoms with Gasteiger partial charge in [-0.3, -0.25) is 23.4 Å². The molecule has 8 atom stereocenters. The Hall–Kier alpha value is -3.10. The van der Waals surface area contributed by atoms with Crippen molar-refractivity contribution in [2.45, 2.75) is 49.1 Å². The van der Waals surface area contributed by atoms with E-state index in [4.69, 9.17) is 24.5 Å². The molecule has 2 fully saturated rings. The third-order valence-corrected chi connectivity index (χ3v) is 6.78. The van der Waals surface area contributed by atoms with Crippen molar-refractivity contribution in [3.05, 3.63) is 45.8 Å². The van der Waals surface area contributed by atoms with E-state index in [0.717, 1.165) is 23.2 Å². The minimum atomic E-state index is -5.09. The molecule has 39 heavy (non-hydrogen) atoms. The number of nitrogens with zero attached hydrogens (tertiary/aromatic N) is 5. The number of imidazole rings is 1. The van der Waals surface area contributed by atoms with E-state index >= 15 is 0 Å². The second-order valence-electron chi connectivity index (χ2n) is 8.80. The number of hydrogen-bond donors (Lipinski definition) is 7.